The van der Waals surface area contributed by atoms with Gasteiger partial charge in [0.15, 0.2) is 0 Å². The van der Waals surface area contributed by atoms with Crippen LogP contribution in [-0.2, 0) is 15.1 Å². The second-order valence-electron chi connectivity index (χ2n) is 6.93. The number of benzene rings is 2. The molecule has 0 spiro atoms. The Balaban J connectivity index is 1.89. The second-order valence-corrected chi connectivity index (χ2v) is 6.93. The Labute approximate surface area is 154 Å². The summed E-state index contributed by atoms with van der Waals surface area (Å²) in [7, 11) is 0. The lowest BCUT2D eigenvalue weighted by molar-refractivity contribution is -0.127. The monoisotopic (exact) mass is 355 g/mol. The van der Waals surface area contributed by atoms with Crippen LogP contribution in [0.4, 0.5) is 4.39 Å². The van der Waals surface area contributed by atoms with E-state index in [0.29, 0.717) is 5.56 Å². The van der Waals surface area contributed by atoms with Crippen molar-refractivity contribution in [2.24, 2.45) is 0 Å². The molecular formula is C22H26FNO2. The molecule has 2 atom stereocenters. The summed E-state index contributed by atoms with van der Waals surface area (Å²) in [5.41, 5.74) is 0.353. The molecule has 26 heavy (non-hydrogen) atoms. The van der Waals surface area contributed by atoms with Crippen molar-refractivity contribution in [3.05, 3.63) is 71.5 Å². The fraction of sp³-hybridized carbons (Fsp3) is 0.409. The summed E-state index contributed by atoms with van der Waals surface area (Å²) >= 11 is 0. The number of carbonyl (C=O) groups is 1. The summed E-state index contributed by atoms with van der Waals surface area (Å²) < 4.78 is 20.7. The Bertz CT molecular complexity index is 715. The first-order valence-electron chi connectivity index (χ1n) is 9.30. The minimum atomic E-state index is -1.09. The summed E-state index contributed by atoms with van der Waals surface area (Å²) in [6, 6.07) is 16.4. The molecule has 0 N–H and O–H groups in total. The van der Waals surface area contributed by atoms with Gasteiger partial charge in [-0.25, -0.2) is 4.39 Å². The minimum absolute atomic E-state index is 0.132. The van der Waals surface area contributed by atoms with Crippen LogP contribution in [0.3, 0.4) is 0 Å². The predicted octanol–water partition coefficient (Wildman–Crippen LogP) is 4.48. The van der Waals surface area contributed by atoms with Gasteiger partial charge in [0.2, 0.25) is 0 Å². The molecule has 2 aromatic carbocycles. The molecule has 1 heterocycles. The van der Waals surface area contributed by atoms with Gasteiger partial charge >= 0.3 is 0 Å². The van der Waals surface area contributed by atoms with Crippen LogP contribution in [0.1, 0.15) is 43.4 Å². The normalized spacial score (nSPS) is 18.8. The average molecular weight is 355 g/mol. The first-order valence-corrected chi connectivity index (χ1v) is 9.30. The van der Waals surface area contributed by atoms with Crippen LogP contribution >= 0.6 is 0 Å². The Morgan fingerprint density at radius 1 is 1.08 bits per heavy atom. The van der Waals surface area contributed by atoms with Crippen LogP contribution in [0.2, 0.25) is 0 Å². The van der Waals surface area contributed by atoms with Gasteiger partial charge in [0.25, 0.3) is 0 Å². The topological polar surface area (TPSA) is 29.5 Å². The van der Waals surface area contributed by atoms with Crippen LogP contribution in [0.15, 0.2) is 54.6 Å². The van der Waals surface area contributed by atoms with Crippen molar-refractivity contribution in [1.29, 1.82) is 0 Å². The zero-order chi connectivity index (χ0) is 18.4. The first-order chi connectivity index (χ1) is 12.7. The number of likely N-dealkylation sites (tertiary alicyclic amines) is 1. The van der Waals surface area contributed by atoms with E-state index in [0.717, 1.165) is 44.2 Å². The van der Waals surface area contributed by atoms with Gasteiger partial charge in [-0.3, -0.25) is 4.90 Å². The lowest BCUT2D eigenvalue weighted by Gasteiger charge is -2.42. The zero-order valence-electron chi connectivity index (χ0n) is 15.2. The summed E-state index contributed by atoms with van der Waals surface area (Å²) in [4.78, 5) is 14.4. The molecule has 2 aromatic rings. The van der Waals surface area contributed by atoms with Crippen LogP contribution in [0.25, 0.3) is 0 Å². The van der Waals surface area contributed by atoms with Gasteiger partial charge in [0.05, 0.1) is 12.7 Å². The van der Waals surface area contributed by atoms with Gasteiger partial charge < -0.3 is 9.53 Å². The summed E-state index contributed by atoms with van der Waals surface area (Å²) in [6.07, 6.45) is 3.86. The molecule has 0 bridgehead atoms. The van der Waals surface area contributed by atoms with Crippen molar-refractivity contribution in [2.75, 3.05) is 19.7 Å². The third kappa shape index (κ3) is 3.87. The molecular weight excluding hydrogens is 329 g/mol. The molecule has 1 saturated heterocycles. The Morgan fingerprint density at radius 3 is 2.38 bits per heavy atom. The number of aldehydes is 1. The van der Waals surface area contributed by atoms with E-state index in [4.69, 9.17) is 4.74 Å². The average Bonchev–Trinajstić information content (AvgIpc) is 2.71. The Morgan fingerprint density at radius 2 is 1.73 bits per heavy atom. The number of hydrogen-bond donors (Lipinski definition) is 0. The van der Waals surface area contributed by atoms with E-state index in [9.17, 15) is 9.18 Å². The smallest absolute Gasteiger partial charge is 0.147 e. The standard InChI is InChI=1S/C22H26FNO2/c1-18(19-10-4-2-5-11-19)26-17-22(16-25,24-14-8-3-9-15-24)20-12-6-7-13-21(20)23/h2,4-7,10-13,16,18H,3,8-9,14-15,17H2,1H3. The van der Waals surface area contributed by atoms with Crippen LogP contribution < -0.4 is 0 Å². The van der Waals surface area contributed by atoms with Crippen LogP contribution in [0.5, 0.6) is 0 Å². The van der Waals surface area contributed by atoms with Gasteiger partial charge in [-0.1, -0.05) is 55.0 Å². The maximum atomic E-state index is 14.6. The number of nitrogens with zero attached hydrogens (tertiary/aromatic N) is 1. The molecule has 0 aromatic heterocycles. The molecule has 1 fully saturated rings. The highest BCUT2D eigenvalue weighted by atomic mass is 19.1. The summed E-state index contributed by atoms with van der Waals surface area (Å²) in [6.45, 7) is 3.64. The molecule has 4 heteroatoms. The quantitative estimate of drug-likeness (QED) is 0.686. The van der Waals surface area contributed by atoms with Crippen molar-refractivity contribution >= 4 is 6.29 Å². The Hall–Kier alpha value is -2.04. The maximum Gasteiger partial charge on any atom is 0.147 e. The van der Waals surface area contributed by atoms with E-state index in [-0.39, 0.29) is 18.5 Å². The number of ether oxygens (including phenoxy) is 1. The summed E-state index contributed by atoms with van der Waals surface area (Å²) in [5.74, 6) is -0.360. The third-order valence-electron chi connectivity index (χ3n) is 5.28. The molecule has 3 rings (SSSR count). The molecule has 0 radical (unpaired) electrons. The fourth-order valence-electron chi connectivity index (χ4n) is 3.69. The van der Waals surface area contributed by atoms with Gasteiger partial charge in [0.1, 0.15) is 17.6 Å². The zero-order valence-corrected chi connectivity index (χ0v) is 15.2. The molecule has 3 nitrogen and oxygen atoms in total. The van der Waals surface area contributed by atoms with Gasteiger partial charge in [0, 0.05) is 5.56 Å². The predicted molar refractivity (Wildman–Crippen MR) is 100 cm³/mol. The van der Waals surface area contributed by atoms with E-state index in [1.165, 1.54) is 6.07 Å². The molecule has 1 aliphatic rings. The van der Waals surface area contributed by atoms with E-state index < -0.39 is 5.54 Å². The van der Waals surface area contributed by atoms with Crippen LogP contribution in [0, 0.1) is 5.82 Å². The fourth-order valence-corrected chi connectivity index (χ4v) is 3.69. The number of hydrogen-bond acceptors (Lipinski definition) is 3. The first kappa shape index (κ1) is 18.7. The van der Waals surface area contributed by atoms with Crippen molar-refractivity contribution in [3.8, 4) is 0 Å². The highest BCUT2D eigenvalue weighted by Crippen LogP contribution is 2.33. The molecule has 0 aliphatic carbocycles. The molecule has 138 valence electrons. The number of carbonyl (C=O) groups excluding carboxylic acids is 1. The van der Waals surface area contributed by atoms with Gasteiger partial charge in [-0.2, -0.15) is 0 Å². The molecule has 1 aliphatic heterocycles. The lowest BCUT2D eigenvalue weighted by Crippen LogP contribution is -2.53. The van der Waals surface area contributed by atoms with Crippen molar-refractivity contribution < 1.29 is 13.9 Å². The molecule has 0 saturated carbocycles. The van der Waals surface area contributed by atoms with E-state index in [1.54, 1.807) is 18.2 Å². The molecule has 2 unspecified atom stereocenters. The lowest BCUT2D eigenvalue weighted by atomic mass is 9.87. The van der Waals surface area contributed by atoms with Crippen LogP contribution in [-0.4, -0.2) is 30.9 Å². The highest BCUT2D eigenvalue weighted by Gasteiger charge is 2.41. The van der Waals surface area contributed by atoms with Crippen molar-refractivity contribution in [3.63, 3.8) is 0 Å². The van der Waals surface area contributed by atoms with Gasteiger partial charge in [-0.05, 0) is 44.5 Å². The van der Waals surface area contributed by atoms with E-state index in [1.807, 2.05) is 37.3 Å². The SMILES string of the molecule is CC(OCC(C=O)(c1ccccc1F)N1CCCCC1)c1ccccc1. The van der Waals surface area contributed by atoms with Crippen molar-refractivity contribution in [2.45, 2.75) is 37.8 Å². The minimum Gasteiger partial charge on any atom is -0.371 e. The summed E-state index contributed by atoms with van der Waals surface area (Å²) in [5, 5.41) is 0. The third-order valence-corrected chi connectivity index (χ3v) is 5.28. The largest absolute Gasteiger partial charge is 0.371 e. The van der Waals surface area contributed by atoms with E-state index in [2.05, 4.69) is 4.90 Å². The number of rotatable bonds is 7. The molecule has 0 amide bonds. The highest BCUT2D eigenvalue weighted by molar-refractivity contribution is 5.68. The number of piperidine rings is 1. The van der Waals surface area contributed by atoms with E-state index >= 15 is 0 Å². The van der Waals surface area contributed by atoms with Crippen molar-refractivity contribution in [1.82, 2.24) is 4.90 Å². The van der Waals surface area contributed by atoms with Gasteiger partial charge in [-0.15, -0.1) is 0 Å². The Kier molecular flexibility index (Phi) is 6.17. The maximum absolute atomic E-state index is 14.6. The second kappa shape index (κ2) is 8.56. The number of halogens is 1.